The standard InChI is InChI=1S/C13H10N6O/c1-7-10-12(18-13(20)16-10)17-11(15-7)8-6-14-19-5-3-2-4-9(8)19/h2-6H,1H3,(H2,15,16,17,18,20). The second kappa shape index (κ2) is 3.77. The van der Waals surface area contributed by atoms with Crippen molar-refractivity contribution in [2.75, 3.05) is 0 Å². The number of H-pyrrole nitrogens is 2. The van der Waals surface area contributed by atoms with Crippen LogP contribution in [0.5, 0.6) is 0 Å². The number of aryl methyl sites for hydroxylation is 1. The number of nitrogens with zero attached hydrogens (tertiary/aromatic N) is 4. The van der Waals surface area contributed by atoms with Crippen LogP contribution in [0.1, 0.15) is 5.69 Å². The number of aromatic nitrogens is 6. The van der Waals surface area contributed by atoms with Crippen molar-refractivity contribution in [3.63, 3.8) is 0 Å². The van der Waals surface area contributed by atoms with Crippen molar-refractivity contribution >= 4 is 16.7 Å². The number of fused-ring (bicyclic) bond motifs is 2. The number of nitrogens with one attached hydrogen (secondary N) is 2. The van der Waals surface area contributed by atoms with Gasteiger partial charge in [-0.15, -0.1) is 0 Å². The molecule has 0 aliphatic heterocycles. The number of pyridine rings is 1. The maximum Gasteiger partial charge on any atom is 0.325 e. The number of rotatable bonds is 1. The van der Waals surface area contributed by atoms with Gasteiger partial charge in [-0.05, 0) is 19.1 Å². The van der Waals surface area contributed by atoms with E-state index in [1.807, 2.05) is 31.3 Å². The topological polar surface area (TPSA) is 91.7 Å². The Morgan fingerprint density at radius 2 is 2.10 bits per heavy atom. The zero-order valence-corrected chi connectivity index (χ0v) is 10.6. The van der Waals surface area contributed by atoms with Gasteiger partial charge in [0.05, 0.1) is 23.0 Å². The monoisotopic (exact) mass is 266 g/mol. The summed E-state index contributed by atoms with van der Waals surface area (Å²) in [6.07, 6.45) is 3.59. The molecular weight excluding hydrogens is 256 g/mol. The van der Waals surface area contributed by atoms with Crippen LogP contribution in [-0.2, 0) is 0 Å². The van der Waals surface area contributed by atoms with E-state index in [-0.39, 0.29) is 5.69 Å². The highest BCUT2D eigenvalue weighted by Gasteiger charge is 2.13. The summed E-state index contributed by atoms with van der Waals surface area (Å²) < 4.78 is 1.76. The van der Waals surface area contributed by atoms with Crippen LogP contribution in [0.25, 0.3) is 28.1 Å². The minimum Gasteiger partial charge on any atom is -0.303 e. The van der Waals surface area contributed by atoms with E-state index in [4.69, 9.17) is 0 Å². The first-order chi connectivity index (χ1) is 9.72. The van der Waals surface area contributed by atoms with Gasteiger partial charge in [-0.3, -0.25) is 4.98 Å². The van der Waals surface area contributed by atoms with Gasteiger partial charge < -0.3 is 4.98 Å². The molecule has 0 saturated heterocycles. The van der Waals surface area contributed by atoms with Crippen molar-refractivity contribution in [3.05, 3.63) is 46.8 Å². The predicted octanol–water partition coefficient (Wildman–Crippen LogP) is 1.27. The van der Waals surface area contributed by atoms with Crippen molar-refractivity contribution in [2.45, 2.75) is 6.92 Å². The number of hydrogen-bond acceptors (Lipinski definition) is 4. The molecule has 0 aromatic carbocycles. The Morgan fingerprint density at radius 3 is 3.00 bits per heavy atom. The molecule has 0 spiro atoms. The van der Waals surface area contributed by atoms with E-state index in [0.29, 0.717) is 17.0 Å². The van der Waals surface area contributed by atoms with Crippen LogP contribution in [0.15, 0.2) is 35.4 Å². The molecule has 4 heterocycles. The molecule has 4 rings (SSSR count). The molecule has 0 saturated carbocycles. The average Bonchev–Trinajstić information content (AvgIpc) is 3.01. The van der Waals surface area contributed by atoms with Gasteiger partial charge in [-0.1, -0.05) is 6.07 Å². The normalized spacial score (nSPS) is 11.4. The molecule has 0 atom stereocenters. The summed E-state index contributed by atoms with van der Waals surface area (Å²) in [4.78, 5) is 25.5. The second-order valence-corrected chi connectivity index (χ2v) is 4.52. The van der Waals surface area contributed by atoms with Crippen LogP contribution in [0.2, 0.25) is 0 Å². The minimum absolute atomic E-state index is 0.283. The van der Waals surface area contributed by atoms with Crippen LogP contribution < -0.4 is 5.69 Å². The Kier molecular flexibility index (Phi) is 2.06. The first-order valence-electron chi connectivity index (χ1n) is 6.12. The Morgan fingerprint density at radius 1 is 1.20 bits per heavy atom. The summed E-state index contributed by atoms with van der Waals surface area (Å²) in [5.74, 6) is 0.548. The predicted molar refractivity (Wildman–Crippen MR) is 73.4 cm³/mol. The average molecular weight is 266 g/mol. The maximum atomic E-state index is 11.4. The Balaban J connectivity index is 2.04. The van der Waals surface area contributed by atoms with Crippen LogP contribution in [0.3, 0.4) is 0 Å². The van der Waals surface area contributed by atoms with E-state index in [0.717, 1.165) is 16.8 Å². The zero-order chi connectivity index (χ0) is 13.7. The Hall–Kier alpha value is -2.96. The van der Waals surface area contributed by atoms with E-state index < -0.39 is 0 Å². The highest BCUT2D eigenvalue weighted by Crippen LogP contribution is 2.22. The zero-order valence-electron chi connectivity index (χ0n) is 10.6. The summed E-state index contributed by atoms with van der Waals surface area (Å²) in [7, 11) is 0. The van der Waals surface area contributed by atoms with Crippen molar-refractivity contribution in [2.24, 2.45) is 0 Å². The highest BCUT2D eigenvalue weighted by molar-refractivity contribution is 5.80. The molecule has 7 heteroatoms. The molecule has 0 unspecified atom stereocenters. The minimum atomic E-state index is -0.283. The summed E-state index contributed by atoms with van der Waals surface area (Å²) in [5.41, 5.74) is 3.33. The summed E-state index contributed by atoms with van der Waals surface area (Å²) >= 11 is 0. The fourth-order valence-electron chi connectivity index (χ4n) is 2.29. The third kappa shape index (κ3) is 1.46. The molecular formula is C13H10N6O. The number of imidazole rings is 1. The molecule has 0 aliphatic carbocycles. The fraction of sp³-hybridized carbons (Fsp3) is 0.0769. The van der Waals surface area contributed by atoms with Gasteiger partial charge in [-0.2, -0.15) is 5.10 Å². The molecule has 0 aliphatic rings. The first-order valence-corrected chi connectivity index (χ1v) is 6.12. The number of aromatic amines is 2. The van der Waals surface area contributed by atoms with E-state index in [1.165, 1.54) is 0 Å². The van der Waals surface area contributed by atoms with E-state index in [9.17, 15) is 4.79 Å². The van der Waals surface area contributed by atoms with E-state index in [2.05, 4.69) is 25.0 Å². The third-order valence-corrected chi connectivity index (χ3v) is 3.23. The van der Waals surface area contributed by atoms with Crippen LogP contribution in [-0.4, -0.2) is 29.5 Å². The number of hydrogen-bond donors (Lipinski definition) is 2. The van der Waals surface area contributed by atoms with Gasteiger partial charge in [0, 0.05) is 6.20 Å². The first kappa shape index (κ1) is 10.9. The summed E-state index contributed by atoms with van der Waals surface area (Å²) in [6.45, 7) is 1.84. The lowest BCUT2D eigenvalue weighted by Gasteiger charge is -2.00. The quantitative estimate of drug-likeness (QED) is 0.542. The van der Waals surface area contributed by atoms with E-state index in [1.54, 1.807) is 10.7 Å². The molecule has 0 radical (unpaired) electrons. The van der Waals surface area contributed by atoms with Crippen LogP contribution in [0, 0.1) is 6.92 Å². The summed E-state index contributed by atoms with van der Waals surface area (Å²) in [5, 5.41) is 4.27. The SMILES string of the molecule is Cc1nc(-c2cnn3ccccc23)nc2[nH]c(=O)[nH]c12. The van der Waals surface area contributed by atoms with Gasteiger partial charge in [0.15, 0.2) is 11.5 Å². The van der Waals surface area contributed by atoms with Crippen LogP contribution in [0.4, 0.5) is 0 Å². The lowest BCUT2D eigenvalue weighted by Crippen LogP contribution is -1.99. The Labute approximate surface area is 112 Å². The van der Waals surface area contributed by atoms with Crippen molar-refractivity contribution < 1.29 is 0 Å². The molecule has 2 N–H and O–H groups in total. The fourth-order valence-corrected chi connectivity index (χ4v) is 2.29. The van der Waals surface area contributed by atoms with Crippen molar-refractivity contribution in [1.29, 1.82) is 0 Å². The molecule has 20 heavy (non-hydrogen) atoms. The largest absolute Gasteiger partial charge is 0.325 e. The summed E-state index contributed by atoms with van der Waals surface area (Å²) in [6, 6.07) is 5.79. The second-order valence-electron chi connectivity index (χ2n) is 4.52. The van der Waals surface area contributed by atoms with Gasteiger partial charge in [0.2, 0.25) is 0 Å². The lowest BCUT2D eigenvalue weighted by atomic mass is 10.2. The third-order valence-electron chi connectivity index (χ3n) is 3.23. The smallest absolute Gasteiger partial charge is 0.303 e. The van der Waals surface area contributed by atoms with Gasteiger partial charge in [0.25, 0.3) is 0 Å². The van der Waals surface area contributed by atoms with E-state index >= 15 is 0 Å². The van der Waals surface area contributed by atoms with Gasteiger partial charge in [0.1, 0.15) is 5.52 Å². The molecule has 7 nitrogen and oxygen atoms in total. The Bertz CT molecular complexity index is 993. The molecule has 4 aromatic rings. The van der Waals surface area contributed by atoms with Crippen LogP contribution >= 0.6 is 0 Å². The van der Waals surface area contributed by atoms with Gasteiger partial charge in [-0.25, -0.2) is 19.3 Å². The maximum absolute atomic E-state index is 11.4. The van der Waals surface area contributed by atoms with Gasteiger partial charge >= 0.3 is 5.69 Å². The molecule has 0 amide bonds. The molecule has 4 aromatic heterocycles. The molecule has 98 valence electrons. The lowest BCUT2D eigenvalue weighted by molar-refractivity contribution is 0.961. The van der Waals surface area contributed by atoms with Crippen molar-refractivity contribution in [1.82, 2.24) is 29.5 Å². The molecule has 0 bridgehead atoms. The van der Waals surface area contributed by atoms with Crippen molar-refractivity contribution in [3.8, 4) is 11.4 Å². The highest BCUT2D eigenvalue weighted by atomic mass is 16.1. The molecule has 0 fully saturated rings.